The van der Waals surface area contributed by atoms with Crippen LogP contribution in [0.3, 0.4) is 0 Å². The lowest BCUT2D eigenvalue weighted by molar-refractivity contribution is -0.273. The van der Waals surface area contributed by atoms with E-state index in [-0.39, 0.29) is 18.7 Å². The Labute approximate surface area is 174 Å². The number of halogens is 3. The Morgan fingerprint density at radius 2 is 1.67 bits per heavy atom. The molecule has 0 saturated carbocycles. The fraction of sp³-hybridized carbons (Fsp3) is 0.409. The van der Waals surface area contributed by atoms with Gasteiger partial charge in [0, 0.05) is 18.7 Å². The quantitative estimate of drug-likeness (QED) is 0.619. The van der Waals surface area contributed by atoms with Gasteiger partial charge in [-0.15, -0.1) is 0 Å². The molecule has 0 fully saturated rings. The van der Waals surface area contributed by atoms with Crippen LogP contribution in [0.2, 0.25) is 0 Å². The lowest BCUT2D eigenvalue weighted by atomic mass is 9.91. The van der Waals surface area contributed by atoms with Crippen LogP contribution in [0.5, 0.6) is 11.5 Å². The van der Waals surface area contributed by atoms with E-state index in [0.29, 0.717) is 24.3 Å². The Kier molecular flexibility index (Phi) is 8.11. The third-order valence-electron chi connectivity index (χ3n) is 4.57. The van der Waals surface area contributed by atoms with E-state index in [0.717, 1.165) is 5.56 Å². The maximum Gasteiger partial charge on any atom is 0.430 e. The third-order valence-corrected chi connectivity index (χ3v) is 4.57. The second-order valence-corrected chi connectivity index (χ2v) is 6.59. The molecule has 0 bridgehead atoms. The number of rotatable bonds is 10. The molecular weight excluding hydrogens is 399 g/mol. The molecule has 1 atom stereocenters. The first kappa shape index (κ1) is 23.5. The van der Waals surface area contributed by atoms with Crippen LogP contribution in [-0.2, 0) is 21.6 Å². The van der Waals surface area contributed by atoms with E-state index >= 15 is 0 Å². The summed E-state index contributed by atoms with van der Waals surface area (Å²) in [4.78, 5) is 12.8. The van der Waals surface area contributed by atoms with Crippen molar-refractivity contribution in [3.63, 3.8) is 0 Å². The van der Waals surface area contributed by atoms with Crippen molar-refractivity contribution in [2.45, 2.75) is 31.5 Å². The van der Waals surface area contributed by atoms with Crippen LogP contribution in [0.4, 0.5) is 13.2 Å². The van der Waals surface area contributed by atoms with Gasteiger partial charge in [-0.3, -0.25) is 4.79 Å². The van der Waals surface area contributed by atoms with E-state index in [2.05, 4.69) is 5.32 Å². The van der Waals surface area contributed by atoms with Gasteiger partial charge in [0.15, 0.2) is 11.5 Å². The number of carbonyl (C=O) groups excluding carboxylic acids is 1. The van der Waals surface area contributed by atoms with Gasteiger partial charge in [0.05, 0.1) is 14.2 Å². The normalized spacial score (nSPS) is 13.4. The molecule has 0 aliphatic heterocycles. The standard InChI is InChI=1S/C22H26F3NO4/c1-4-14-30-21(22(23,24)25,17-8-6-5-7-9-17)20(27)26-13-12-16-10-11-18(28-2)19(15-16)29-3/h5-11,15H,4,12-14H2,1-3H3,(H,26,27). The van der Waals surface area contributed by atoms with Crippen molar-refractivity contribution in [2.75, 3.05) is 27.4 Å². The number of ether oxygens (including phenoxy) is 3. The number of hydrogen-bond acceptors (Lipinski definition) is 4. The molecule has 164 valence electrons. The van der Waals surface area contributed by atoms with Crippen LogP contribution in [0, 0.1) is 0 Å². The van der Waals surface area contributed by atoms with Gasteiger partial charge in [0.2, 0.25) is 0 Å². The summed E-state index contributed by atoms with van der Waals surface area (Å²) in [5.41, 5.74) is -2.55. The van der Waals surface area contributed by atoms with Crippen molar-refractivity contribution in [1.29, 1.82) is 0 Å². The lowest BCUT2D eigenvalue weighted by Gasteiger charge is -2.34. The number of nitrogens with one attached hydrogen (secondary N) is 1. The summed E-state index contributed by atoms with van der Waals surface area (Å²) in [6.45, 7) is 1.47. The highest BCUT2D eigenvalue weighted by Crippen LogP contribution is 2.42. The van der Waals surface area contributed by atoms with Gasteiger partial charge in [0.25, 0.3) is 11.5 Å². The number of alkyl halides is 3. The summed E-state index contributed by atoms with van der Waals surface area (Å²) in [6, 6.07) is 12.1. The fourth-order valence-electron chi connectivity index (χ4n) is 3.06. The second-order valence-electron chi connectivity index (χ2n) is 6.59. The van der Waals surface area contributed by atoms with E-state index in [1.807, 2.05) is 0 Å². The molecule has 0 saturated heterocycles. The molecule has 30 heavy (non-hydrogen) atoms. The summed E-state index contributed by atoms with van der Waals surface area (Å²) in [5.74, 6) is -0.199. The maximum absolute atomic E-state index is 14.2. The molecule has 0 aliphatic rings. The molecule has 0 aliphatic carbocycles. The zero-order valence-corrected chi connectivity index (χ0v) is 17.2. The number of carbonyl (C=O) groups is 1. The van der Waals surface area contributed by atoms with Crippen molar-refractivity contribution in [3.05, 3.63) is 59.7 Å². The van der Waals surface area contributed by atoms with Crippen LogP contribution >= 0.6 is 0 Å². The fourth-order valence-corrected chi connectivity index (χ4v) is 3.06. The first-order valence-corrected chi connectivity index (χ1v) is 9.55. The molecule has 0 radical (unpaired) electrons. The molecule has 5 nitrogen and oxygen atoms in total. The highest BCUT2D eigenvalue weighted by Gasteiger charge is 2.63. The van der Waals surface area contributed by atoms with Gasteiger partial charge < -0.3 is 19.5 Å². The molecule has 8 heteroatoms. The van der Waals surface area contributed by atoms with Crippen molar-refractivity contribution < 1.29 is 32.2 Å². The van der Waals surface area contributed by atoms with Crippen molar-refractivity contribution >= 4 is 5.91 Å². The van der Waals surface area contributed by atoms with Gasteiger partial charge in [-0.1, -0.05) is 43.3 Å². The van der Waals surface area contributed by atoms with Crippen LogP contribution in [0.15, 0.2) is 48.5 Å². The number of amides is 1. The SMILES string of the molecule is CCCOC(C(=O)NCCc1ccc(OC)c(OC)c1)(c1ccccc1)C(F)(F)F. The first-order chi connectivity index (χ1) is 14.3. The second kappa shape index (κ2) is 10.3. The lowest BCUT2D eigenvalue weighted by Crippen LogP contribution is -2.56. The van der Waals surface area contributed by atoms with Gasteiger partial charge in [-0.05, 0) is 30.5 Å². The summed E-state index contributed by atoms with van der Waals surface area (Å²) in [5, 5.41) is 2.40. The minimum Gasteiger partial charge on any atom is -0.493 e. The molecule has 2 aromatic rings. The van der Waals surface area contributed by atoms with E-state index in [1.54, 1.807) is 31.2 Å². The zero-order valence-electron chi connectivity index (χ0n) is 17.2. The van der Waals surface area contributed by atoms with E-state index < -0.39 is 17.7 Å². The largest absolute Gasteiger partial charge is 0.493 e. The van der Waals surface area contributed by atoms with E-state index in [9.17, 15) is 18.0 Å². The Hall–Kier alpha value is -2.74. The minimum absolute atomic E-state index is 0.00549. The third kappa shape index (κ3) is 5.05. The van der Waals surface area contributed by atoms with Gasteiger partial charge >= 0.3 is 6.18 Å². The Morgan fingerprint density at radius 3 is 2.23 bits per heavy atom. The molecular formula is C22H26F3NO4. The topological polar surface area (TPSA) is 56.8 Å². The van der Waals surface area contributed by atoms with E-state index in [4.69, 9.17) is 14.2 Å². The monoisotopic (exact) mass is 425 g/mol. The van der Waals surface area contributed by atoms with Crippen molar-refractivity contribution in [3.8, 4) is 11.5 Å². The zero-order chi connectivity index (χ0) is 22.2. The smallest absolute Gasteiger partial charge is 0.430 e. The van der Waals surface area contributed by atoms with Gasteiger partial charge in [-0.25, -0.2) is 0 Å². The predicted octanol–water partition coefficient (Wildman–Crippen LogP) is 4.25. The van der Waals surface area contributed by atoms with Crippen molar-refractivity contribution in [1.82, 2.24) is 5.32 Å². The number of hydrogen-bond donors (Lipinski definition) is 1. The van der Waals surface area contributed by atoms with Crippen LogP contribution in [0.1, 0.15) is 24.5 Å². The molecule has 1 unspecified atom stereocenters. The molecule has 2 rings (SSSR count). The molecule has 1 N–H and O–H groups in total. The molecule has 2 aromatic carbocycles. The number of methoxy groups -OCH3 is 2. The van der Waals surface area contributed by atoms with Crippen LogP contribution in [0.25, 0.3) is 0 Å². The Bertz CT molecular complexity index is 827. The number of benzene rings is 2. The maximum atomic E-state index is 14.2. The Balaban J connectivity index is 2.22. The first-order valence-electron chi connectivity index (χ1n) is 9.55. The highest BCUT2D eigenvalue weighted by molar-refractivity contribution is 5.87. The van der Waals surface area contributed by atoms with Crippen molar-refractivity contribution in [2.24, 2.45) is 0 Å². The molecule has 0 spiro atoms. The average Bonchev–Trinajstić information content (AvgIpc) is 2.74. The summed E-state index contributed by atoms with van der Waals surface area (Å²) < 4.78 is 58.0. The summed E-state index contributed by atoms with van der Waals surface area (Å²) in [7, 11) is 3.00. The van der Waals surface area contributed by atoms with E-state index in [1.165, 1.54) is 38.5 Å². The van der Waals surface area contributed by atoms with Gasteiger partial charge in [-0.2, -0.15) is 13.2 Å². The highest BCUT2D eigenvalue weighted by atomic mass is 19.4. The van der Waals surface area contributed by atoms with Crippen LogP contribution in [-0.4, -0.2) is 39.5 Å². The summed E-state index contributed by atoms with van der Waals surface area (Å²) in [6.07, 6.45) is -4.29. The Morgan fingerprint density at radius 1 is 1.00 bits per heavy atom. The molecule has 1 amide bonds. The minimum atomic E-state index is -4.93. The van der Waals surface area contributed by atoms with Gasteiger partial charge in [0.1, 0.15) is 0 Å². The molecule has 0 aromatic heterocycles. The summed E-state index contributed by atoms with van der Waals surface area (Å²) >= 11 is 0. The predicted molar refractivity (Wildman–Crippen MR) is 107 cm³/mol. The average molecular weight is 425 g/mol. The van der Waals surface area contributed by atoms with Crippen LogP contribution < -0.4 is 14.8 Å². The molecule has 0 heterocycles.